The van der Waals surface area contributed by atoms with Gasteiger partial charge in [-0.15, -0.1) is 0 Å². The van der Waals surface area contributed by atoms with E-state index < -0.39 is 41.3 Å². The second-order valence-electron chi connectivity index (χ2n) is 8.51. The van der Waals surface area contributed by atoms with Crippen LogP contribution in [-0.4, -0.2) is 30.9 Å². The molecule has 2 aromatic rings. The van der Waals surface area contributed by atoms with Crippen LogP contribution in [-0.2, 0) is 25.2 Å². The normalized spacial score (nSPS) is 18.8. The van der Waals surface area contributed by atoms with Crippen molar-refractivity contribution in [3.63, 3.8) is 0 Å². The molecule has 0 spiro atoms. The molecule has 0 aromatic heterocycles. The first-order chi connectivity index (χ1) is 17.5. The van der Waals surface area contributed by atoms with E-state index in [1.807, 2.05) is 6.92 Å². The maximum Gasteiger partial charge on any atom is 0.416 e. The molecule has 1 aliphatic rings. The average molecular weight is 516 g/mol. The van der Waals surface area contributed by atoms with E-state index in [2.05, 4.69) is 5.32 Å². The van der Waals surface area contributed by atoms with Crippen molar-refractivity contribution in [2.75, 3.05) is 13.2 Å². The number of rotatable bonds is 7. The van der Waals surface area contributed by atoms with Crippen LogP contribution >= 0.6 is 0 Å². The SMILES string of the molecule is CCOC(=O)C1=C(C)N/C(=C\C(=O)c2ccc(C)cc2)[C@@H](C(=O)OCC)[C@@H]1c1ccccc1C(F)(F)F. The summed E-state index contributed by atoms with van der Waals surface area (Å²) >= 11 is 0. The fraction of sp³-hybridized carbons (Fsp3) is 0.321. The lowest BCUT2D eigenvalue weighted by Crippen LogP contribution is -2.41. The van der Waals surface area contributed by atoms with E-state index >= 15 is 0 Å². The fourth-order valence-electron chi connectivity index (χ4n) is 4.35. The Hall–Kier alpha value is -3.88. The molecular weight excluding hydrogens is 487 g/mol. The van der Waals surface area contributed by atoms with Crippen molar-refractivity contribution in [2.45, 2.75) is 39.8 Å². The molecule has 0 saturated heterocycles. The molecule has 0 bridgehead atoms. The molecule has 0 unspecified atom stereocenters. The van der Waals surface area contributed by atoms with Crippen LogP contribution in [0, 0.1) is 12.8 Å². The Morgan fingerprint density at radius 1 is 0.946 bits per heavy atom. The first-order valence-corrected chi connectivity index (χ1v) is 11.8. The zero-order valence-electron chi connectivity index (χ0n) is 20.9. The Morgan fingerprint density at radius 3 is 2.16 bits per heavy atom. The highest BCUT2D eigenvalue weighted by atomic mass is 19.4. The van der Waals surface area contributed by atoms with Crippen LogP contribution in [0.25, 0.3) is 0 Å². The molecule has 1 N–H and O–H groups in total. The number of aryl methyl sites for hydroxylation is 1. The minimum Gasteiger partial charge on any atom is -0.465 e. The van der Waals surface area contributed by atoms with Gasteiger partial charge in [-0.3, -0.25) is 9.59 Å². The lowest BCUT2D eigenvalue weighted by Gasteiger charge is -2.36. The van der Waals surface area contributed by atoms with Crippen LogP contribution in [0.1, 0.15) is 53.7 Å². The number of carbonyl (C=O) groups excluding carboxylic acids is 3. The maximum atomic E-state index is 14.1. The van der Waals surface area contributed by atoms with Crippen LogP contribution in [0.2, 0.25) is 0 Å². The highest BCUT2D eigenvalue weighted by Gasteiger charge is 2.47. The summed E-state index contributed by atoms with van der Waals surface area (Å²) in [6, 6.07) is 11.4. The lowest BCUT2D eigenvalue weighted by atomic mass is 9.73. The largest absolute Gasteiger partial charge is 0.465 e. The predicted molar refractivity (Wildman–Crippen MR) is 130 cm³/mol. The van der Waals surface area contributed by atoms with Crippen LogP contribution in [0.3, 0.4) is 0 Å². The molecule has 9 heteroatoms. The van der Waals surface area contributed by atoms with E-state index in [0.717, 1.165) is 11.6 Å². The van der Waals surface area contributed by atoms with Gasteiger partial charge in [0.2, 0.25) is 0 Å². The first-order valence-electron chi connectivity index (χ1n) is 11.8. The number of carbonyl (C=O) groups is 3. The molecule has 2 atom stereocenters. The molecule has 0 saturated carbocycles. The minimum atomic E-state index is -4.77. The molecule has 6 nitrogen and oxygen atoms in total. The topological polar surface area (TPSA) is 81.7 Å². The molecule has 1 heterocycles. The van der Waals surface area contributed by atoms with Gasteiger partial charge in [0, 0.05) is 29.0 Å². The number of allylic oxidation sites excluding steroid dienone is 2. The van der Waals surface area contributed by atoms with Crippen molar-refractivity contribution in [1.29, 1.82) is 0 Å². The van der Waals surface area contributed by atoms with Gasteiger partial charge < -0.3 is 14.8 Å². The minimum absolute atomic E-state index is 0.0246. The van der Waals surface area contributed by atoms with Crippen molar-refractivity contribution in [3.05, 3.63) is 93.8 Å². The molecule has 37 heavy (non-hydrogen) atoms. The molecule has 3 rings (SSSR count). The lowest BCUT2D eigenvalue weighted by molar-refractivity contribution is -0.149. The molecule has 0 fully saturated rings. The van der Waals surface area contributed by atoms with Gasteiger partial charge in [-0.2, -0.15) is 13.2 Å². The Balaban J connectivity index is 2.29. The molecule has 1 aliphatic heterocycles. The van der Waals surface area contributed by atoms with Crippen molar-refractivity contribution in [1.82, 2.24) is 5.32 Å². The second-order valence-corrected chi connectivity index (χ2v) is 8.51. The maximum absolute atomic E-state index is 14.1. The number of benzene rings is 2. The number of hydrogen-bond donors (Lipinski definition) is 1. The summed E-state index contributed by atoms with van der Waals surface area (Å²) in [6.45, 7) is 6.39. The number of halogens is 3. The van der Waals surface area contributed by atoms with Gasteiger partial charge in [0.05, 0.1) is 24.4 Å². The summed E-state index contributed by atoms with van der Waals surface area (Å²) in [5.41, 5.74) is 0.0105. The highest BCUT2D eigenvalue weighted by molar-refractivity contribution is 6.05. The third-order valence-corrected chi connectivity index (χ3v) is 5.98. The number of hydrogen-bond acceptors (Lipinski definition) is 6. The van der Waals surface area contributed by atoms with Crippen LogP contribution in [0.5, 0.6) is 0 Å². The van der Waals surface area contributed by atoms with Crippen LogP contribution < -0.4 is 5.32 Å². The van der Waals surface area contributed by atoms with Gasteiger partial charge in [-0.1, -0.05) is 48.0 Å². The number of ketones is 1. The van der Waals surface area contributed by atoms with Gasteiger partial charge in [0.25, 0.3) is 0 Å². The van der Waals surface area contributed by atoms with Crippen molar-refractivity contribution in [2.24, 2.45) is 5.92 Å². The van der Waals surface area contributed by atoms with E-state index in [0.29, 0.717) is 5.56 Å². The Bertz CT molecular complexity index is 1250. The fourth-order valence-corrected chi connectivity index (χ4v) is 4.35. The Labute approximate surface area is 213 Å². The molecule has 0 aliphatic carbocycles. The summed E-state index contributed by atoms with van der Waals surface area (Å²) in [5, 5.41) is 2.90. The second kappa shape index (κ2) is 11.5. The highest BCUT2D eigenvalue weighted by Crippen LogP contribution is 2.46. The third kappa shape index (κ3) is 6.10. The summed E-state index contributed by atoms with van der Waals surface area (Å²) in [4.78, 5) is 39.4. The molecule has 0 amide bonds. The summed E-state index contributed by atoms with van der Waals surface area (Å²) in [7, 11) is 0. The van der Waals surface area contributed by atoms with Gasteiger partial charge in [0.1, 0.15) is 5.92 Å². The van der Waals surface area contributed by atoms with E-state index in [9.17, 15) is 27.6 Å². The first kappa shape index (κ1) is 27.7. The number of nitrogens with one attached hydrogen (secondary N) is 1. The van der Waals surface area contributed by atoms with Gasteiger partial charge >= 0.3 is 18.1 Å². The predicted octanol–water partition coefficient (Wildman–Crippen LogP) is 5.48. The van der Waals surface area contributed by atoms with Crippen molar-refractivity contribution >= 4 is 17.7 Å². The third-order valence-electron chi connectivity index (χ3n) is 5.98. The van der Waals surface area contributed by atoms with E-state index in [1.165, 1.54) is 31.2 Å². The zero-order valence-corrected chi connectivity index (χ0v) is 20.9. The molecule has 196 valence electrons. The van der Waals surface area contributed by atoms with Crippen molar-refractivity contribution in [3.8, 4) is 0 Å². The quantitative estimate of drug-likeness (QED) is 0.299. The van der Waals surface area contributed by atoms with Gasteiger partial charge in [-0.25, -0.2) is 4.79 Å². The summed E-state index contributed by atoms with van der Waals surface area (Å²) in [6.07, 6.45) is -3.60. The summed E-state index contributed by atoms with van der Waals surface area (Å²) in [5.74, 6) is -5.08. The Kier molecular flexibility index (Phi) is 8.57. The monoisotopic (exact) mass is 515 g/mol. The van der Waals surface area contributed by atoms with E-state index in [-0.39, 0.29) is 35.7 Å². The molecule has 0 radical (unpaired) electrons. The van der Waals surface area contributed by atoms with Crippen LogP contribution in [0.15, 0.2) is 71.6 Å². The van der Waals surface area contributed by atoms with E-state index in [1.54, 1.807) is 38.1 Å². The molecular formula is C28H28F3NO5. The number of esters is 2. The smallest absolute Gasteiger partial charge is 0.416 e. The zero-order chi connectivity index (χ0) is 27.3. The summed E-state index contributed by atoms with van der Waals surface area (Å²) < 4.78 is 52.6. The van der Waals surface area contributed by atoms with Gasteiger partial charge in [-0.05, 0) is 39.3 Å². The average Bonchev–Trinajstić information content (AvgIpc) is 2.83. The van der Waals surface area contributed by atoms with Gasteiger partial charge in [0.15, 0.2) is 5.78 Å². The standard InChI is InChI=1S/C28H28F3NO5/c1-5-36-26(34)23-17(4)32-21(15-22(33)18-13-11-16(3)12-14-18)25(27(35)37-6-2)24(23)19-9-7-8-10-20(19)28(29,30)31/h7-15,24-25,32H,5-6H2,1-4H3/b21-15-/t24-,25-/m1/s1. The Morgan fingerprint density at radius 2 is 1.57 bits per heavy atom. The van der Waals surface area contributed by atoms with E-state index in [4.69, 9.17) is 9.47 Å². The number of ether oxygens (including phenoxy) is 2. The molecule has 2 aromatic carbocycles. The van der Waals surface area contributed by atoms with Crippen molar-refractivity contribution < 1.29 is 37.0 Å². The number of alkyl halides is 3. The van der Waals surface area contributed by atoms with Crippen LogP contribution in [0.4, 0.5) is 13.2 Å².